The van der Waals surface area contributed by atoms with Gasteiger partial charge in [0.1, 0.15) is 11.6 Å². The van der Waals surface area contributed by atoms with Crippen molar-refractivity contribution in [1.29, 1.82) is 0 Å². The quantitative estimate of drug-likeness (QED) is 0.652. The number of furan rings is 1. The maximum Gasteiger partial charge on any atom is 0.236 e. The second-order valence-electron chi connectivity index (χ2n) is 7.49. The smallest absolute Gasteiger partial charge is 0.236 e. The van der Waals surface area contributed by atoms with Gasteiger partial charge in [0.2, 0.25) is 5.91 Å². The predicted molar refractivity (Wildman–Crippen MR) is 113 cm³/mol. The summed E-state index contributed by atoms with van der Waals surface area (Å²) in [7, 11) is 0. The van der Waals surface area contributed by atoms with E-state index in [1.165, 1.54) is 6.07 Å². The molecule has 6 heteroatoms. The molecule has 4 rings (SSSR count). The van der Waals surface area contributed by atoms with Crippen LogP contribution < -0.4 is 5.32 Å². The summed E-state index contributed by atoms with van der Waals surface area (Å²) >= 11 is 0. The molecule has 1 fully saturated rings. The van der Waals surface area contributed by atoms with Crippen molar-refractivity contribution in [2.24, 2.45) is 0 Å². The van der Waals surface area contributed by atoms with E-state index < -0.39 is 0 Å². The van der Waals surface area contributed by atoms with E-state index in [0.29, 0.717) is 25.2 Å². The summed E-state index contributed by atoms with van der Waals surface area (Å²) in [5, 5.41) is 3.35. The minimum Gasteiger partial charge on any atom is -0.467 e. The molecule has 0 spiro atoms. The summed E-state index contributed by atoms with van der Waals surface area (Å²) in [6.07, 6.45) is 1.64. The molecule has 1 N–H and O–H groups in total. The van der Waals surface area contributed by atoms with Gasteiger partial charge >= 0.3 is 0 Å². The summed E-state index contributed by atoms with van der Waals surface area (Å²) < 4.78 is 19.5. The molecule has 1 atom stereocenters. The Kier molecular flexibility index (Phi) is 6.57. The van der Waals surface area contributed by atoms with Crippen molar-refractivity contribution in [2.75, 3.05) is 32.7 Å². The van der Waals surface area contributed by atoms with Crippen molar-refractivity contribution < 1.29 is 13.6 Å². The van der Waals surface area contributed by atoms with E-state index >= 15 is 0 Å². The van der Waals surface area contributed by atoms with Gasteiger partial charge in [-0.2, -0.15) is 0 Å². The maximum absolute atomic E-state index is 13.9. The van der Waals surface area contributed by atoms with Crippen LogP contribution in [0.15, 0.2) is 77.4 Å². The Morgan fingerprint density at radius 2 is 1.70 bits per heavy atom. The molecule has 1 aliphatic heterocycles. The lowest BCUT2D eigenvalue weighted by atomic mass is 10.0. The van der Waals surface area contributed by atoms with E-state index in [-0.39, 0.29) is 24.3 Å². The van der Waals surface area contributed by atoms with Gasteiger partial charge in [-0.05, 0) is 23.8 Å². The van der Waals surface area contributed by atoms with Gasteiger partial charge < -0.3 is 9.32 Å². The number of rotatable bonds is 7. The van der Waals surface area contributed by atoms with E-state index in [1.54, 1.807) is 12.3 Å². The number of benzene rings is 2. The van der Waals surface area contributed by atoms with E-state index in [0.717, 1.165) is 24.4 Å². The highest BCUT2D eigenvalue weighted by Gasteiger charge is 2.23. The largest absolute Gasteiger partial charge is 0.467 e. The van der Waals surface area contributed by atoms with Crippen molar-refractivity contribution >= 4 is 5.91 Å². The van der Waals surface area contributed by atoms with E-state index in [4.69, 9.17) is 4.42 Å². The second-order valence-corrected chi connectivity index (χ2v) is 7.49. The first-order valence-corrected chi connectivity index (χ1v) is 10.3. The number of amides is 1. The molecule has 30 heavy (non-hydrogen) atoms. The van der Waals surface area contributed by atoms with Crippen LogP contribution >= 0.6 is 0 Å². The molecule has 3 aromatic rings. The van der Waals surface area contributed by atoms with Crippen molar-refractivity contribution in [1.82, 2.24) is 15.1 Å². The van der Waals surface area contributed by atoms with Crippen LogP contribution in [0.2, 0.25) is 0 Å². The first-order valence-electron chi connectivity index (χ1n) is 10.3. The van der Waals surface area contributed by atoms with Crippen molar-refractivity contribution in [3.8, 4) is 0 Å². The molecule has 0 unspecified atom stereocenters. The fourth-order valence-electron chi connectivity index (χ4n) is 3.81. The number of halogens is 1. The summed E-state index contributed by atoms with van der Waals surface area (Å²) in [6, 6.07) is 20.4. The Balaban J connectivity index is 1.30. The molecule has 1 amide bonds. The van der Waals surface area contributed by atoms with Gasteiger partial charge in [0.25, 0.3) is 0 Å². The number of hydrogen-bond donors (Lipinski definition) is 1. The van der Waals surface area contributed by atoms with Crippen LogP contribution in [0.4, 0.5) is 4.39 Å². The molecule has 0 bridgehead atoms. The number of nitrogens with zero attached hydrogens (tertiary/aromatic N) is 2. The fraction of sp³-hybridized carbons (Fsp3) is 0.292. The second kappa shape index (κ2) is 9.69. The van der Waals surface area contributed by atoms with Crippen LogP contribution in [0, 0.1) is 5.82 Å². The third-order valence-corrected chi connectivity index (χ3v) is 5.49. The average molecular weight is 407 g/mol. The van der Waals surface area contributed by atoms with Gasteiger partial charge in [0.05, 0.1) is 18.8 Å². The minimum atomic E-state index is -0.176. The van der Waals surface area contributed by atoms with Crippen molar-refractivity contribution in [3.05, 3.63) is 95.7 Å². The number of carbonyl (C=O) groups is 1. The third-order valence-electron chi connectivity index (χ3n) is 5.49. The Hall–Kier alpha value is -2.96. The molecule has 1 aliphatic rings. The molecule has 0 radical (unpaired) electrons. The van der Waals surface area contributed by atoms with E-state index in [2.05, 4.69) is 10.2 Å². The molecular formula is C24H26FN3O2. The first kappa shape index (κ1) is 20.3. The highest BCUT2D eigenvalue weighted by Crippen LogP contribution is 2.22. The topological polar surface area (TPSA) is 48.7 Å². The summed E-state index contributed by atoms with van der Waals surface area (Å²) in [5.41, 5.74) is 1.75. The van der Waals surface area contributed by atoms with Crippen LogP contribution in [0.3, 0.4) is 0 Å². The Bertz CT molecular complexity index is 938. The summed E-state index contributed by atoms with van der Waals surface area (Å²) in [4.78, 5) is 16.8. The lowest BCUT2D eigenvalue weighted by molar-refractivity contribution is -0.132. The summed E-state index contributed by atoms with van der Waals surface area (Å²) in [6.45, 7) is 3.56. The lowest BCUT2D eigenvalue weighted by Gasteiger charge is -2.35. The predicted octanol–water partition coefficient (Wildman–Crippen LogP) is 3.44. The zero-order valence-corrected chi connectivity index (χ0v) is 16.8. The SMILES string of the molecule is O=C(CN[C@@H](c1ccccc1)c1ccco1)N1CCN(Cc2ccccc2F)CC1. The minimum absolute atomic E-state index is 0.0630. The van der Waals surface area contributed by atoms with Gasteiger partial charge in [-0.25, -0.2) is 4.39 Å². The van der Waals surface area contributed by atoms with Crippen molar-refractivity contribution in [3.63, 3.8) is 0 Å². The van der Waals surface area contributed by atoms with Crippen LogP contribution in [0.1, 0.15) is 22.9 Å². The Morgan fingerprint density at radius 1 is 0.967 bits per heavy atom. The molecule has 5 nitrogen and oxygen atoms in total. The van der Waals surface area contributed by atoms with Gasteiger partial charge in [-0.15, -0.1) is 0 Å². The normalized spacial score (nSPS) is 15.8. The standard InChI is InChI=1S/C24H26FN3O2/c25-21-10-5-4-9-20(21)18-27-12-14-28(15-13-27)23(29)17-26-24(22-11-6-16-30-22)19-7-2-1-3-8-19/h1-11,16,24,26H,12-15,17-18H2/t24-/m0/s1. The highest BCUT2D eigenvalue weighted by atomic mass is 19.1. The average Bonchev–Trinajstić information content (AvgIpc) is 3.31. The molecule has 0 aliphatic carbocycles. The maximum atomic E-state index is 13.9. The lowest BCUT2D eigenvalue weighted by Crippen LogP contribution is -2.50. The number of carbonyl (C=O) groups excluding carboxylic acids is 1. The van der Waals surface area contributed by atoms with E-state index in [1.807, 2.05) is 59.5 Å². The Labute approximate surface area is 176 Å². The van der Waals surface area contributed by atoms with Crippen molar-refractivity contribution in [2.45, 2.75) is 12.6 Å². The molecule has 2 aromatic carbocycles. The molecule has 1 aromatic heterocycles. The molecule has 156 valence electrons. The number of piperazine rings is 1. The zero-order valence-electron chi connectivity index (χ0n) is 16.8. The van der Waals surface area contributed by atoms with Gasteiger partial charge in [0, 0.05) is 38.3 Å². The van der Waals surface area contributed by atoms with E-state index in [9.17, 15) is 9.18 Å². The molecule has 2 heterocycles. The monoisotopic (exact) mass is 407 g/mol. The first-order chi connectivity index (χ1) is 14.7. The third kappa shape index (κ3) is 4.96. The molecule has 0 saturated carbocycles. The Morgan fingerprint density at radius 3 is 2.40 bits per heavy atom. The molecule has 1 saturated heterocycles. The number of nitrogens with one attached hydrogen (secondary N) is 1. The zero-order chi connectivity index (χ0) is 20.8. The van der Waals surface area contributed by atoms with Gasteiger partial charge in [-0.1, -0.05) is 48.5 Å². The van der Waals surface area contributed by atoms with Crippen LogP contribution in [-0.2, 0) is 11.3 Å². The van der Waals surface area contributed by atoms with Crippen LogP contribution in [0.25, 0.3) is 0 Å². The van der Waals surface area contributed by atoms with Crippen LogP contribution in [-0.4, -0.2) is 48.4 Å². The van der Waals surface area contributed by atoms with Crippen LogP contribution in [0.5, 0.6) is 0 Å². The highest BCUT2D eigenvalue weighted by molar-refractivity contribution is 5.78. The molecular weight excluding hydrogens is 381 g/mol. The summed E-state index contributed by atoms with van der Waals surface area (Å²) in [5.74, 6) is 0.668. The number of hydrogen-bond acceptors (Lipinski definition) is 4. The van der Waals surface area contributed by atoms with Gasteiger partial charge in [0.15, 0.2) is 0 Å². The van der Waals surface area contributed by atoms with Gasteiger partial charge in [-0.3, -0.25) is 15.0 Å². The fourth-order valence-corrected chi connectivity index (χ4v) is 3.81.